The molecule has 2 aromatic carbocycles. The first kappa shape index (κ1) is 23.7. The van der Waals surface area contributed by atoms with Gasteiger partial charge in [0.05, 0.1) is 13.2 Å². The Kier molecular flexibility index (Phi) is 8.06. The number of aliphatic hydroxyl groups is 1. The molecule has 0 saturated carbocycles. The lowest BCUT2D eigenvalue weighted by Gasteiger charge is -2.43. The van der Waals surface area contributed by atoms with Gasteiger partial charge in [-0.1, -0.05) is 35.9 Å². The second kappa shape index (κ2) is 10.6. The number of benzene rings is 2. The first-order valence-corrected chi connectivity index (χ1v) is 10.9. The van der Waals surface area contributed by atoms with Gasteiger partial charge in [0, 0.05) is 37.8 Å². The molecule has 1 saturated heterocycles. The number of carbonyl (C=O) groups excluding carboxylic acids is 1. The molecule has 3 rings (SSSR count). The standard InChI is InChI=1S/C24H29ClFNO4/c1-17(28)27-12-14-31-22(16-27)24(29,11-3-4-13-30-2)20-9-6-10-21(26)23(20)18-7-5-8-19(25)15-18/h5-10,15,22,29H,3-4,11-14,16H2,1-2H3/t22-,24-/m1/s1. The molecular formula is C24H29ClFNO4. The minimum absolute atomic E-state index is 0.0793. The van der Waals surface area contributed by atoms with Gasteiger partial charge in [0.2, 0.25) is 5.91 Å². The molecule has 1 amide bonds. The van der Waals surface area contributed by atoms with Crippen LogP contribution in [0.1, 0.15) is 31.7 Å². The van der Waals surface area contributed by atoms with Gasteiger partial charge in [0.25, 0.3) is 0 Å². The number of hydrogen-bond donors (Lipinski definition) is 1. The monoisotopic (exact) mass is 449 g/mol. The molecule has 1 heterocycles. The SMILES string of the molecule is COCCCC[C@@](O)(c1cccc(F)c1-c1cccc(Cl)c1)[C@H]1CN(C(C)=O)CCO1. The molecule has 1 aliphatic heterocycles. The van der Waals surface area contributed by atoms with E-state index in [0.717, 1.165) is 6.42 Å². The number of rotatable bonds is 8. The summed E-state index contributed by atoms with van der Waals surface area (Å²) in [7, 11) is 1.63. The number of nitrogens with zero attached hydrogens (tertiary/aromatic N) is 1. The second-order valence-corrected chi connectivity index (χ2v) is 8.31. The van der Waals surface area contributed by atoms with Crippen LogP contribution < -0.4 is 0 Å². The summed E-state index contributed by atoms with van der Waals surface area (Å²) in [6.07, 6.45) is 1.04. The van der Waals surface area contributed by atoms with Gasteiger partial charge in [-0.05, 0) is 48.6 Å². The smallest absolute Gasteiger partial charge is 0.219 e. The van der Waals surface area contributed by atoms with Gasteiger partial charge in [-0.15, -0.1) is 0 Å². The lowest BCUT2D eigenvalue weighted by molar-refractivity contribution is -0.163. The fourth-order valence-electron chi connectivity index (χ4n) is 4.16. The maximum absolute atomic E-state index is 15.1. The summed E-state index contributed by atoms with van der Waals surface area (Å²) in [5.74, 6) is -0.529. The molecule has 0 unspecified atom stereocenters. The van der Waals surface area contributed by atoms with Crippen molar-refractivity contribution in [2.45, 2.75) is 37.9 Å². The molecule has 2 atom stereocenters. The van der Waals surface area contributed by atoms with E-state index >= 15 is 4.39 Å². The van der Waals surface area contributed by atoms with E-state index in [1.54, 1.807) is 48.4 Å². The zero-order valence-corrected chi connectivity index (χ0v) is 18.7. The third-order valence-electron chi connectivity index (χ3n) is 5.79. The van der Waals surface area contributed by atoms with Crippen molar-refractivity contribution >= 4 is 17.5 Å². The molecule has 0 bridgehead atoms. The van der Waals surface area contributed by atoms with Crippen molar-refractivity contribution in [1.82, 2.24) is 4.90 Å². The Labute approximate surface area is 187 Å². The molecule has 1 N–H and O–H groups in total. The Morgan fingerprint density at radius 1 is 1.32 bits per heavy atom. The molecule has 1 aliphatic rings. The van der Waals surface area contributed by atoms with Gasteiger partial charge in [0.15, 0.2) is 0 Å². The number of unbranched alkanes of at least 4 members (excludes halogenated alkanes) is 1. The molecule has 0 aromatic heterocycles. The van der Waals surface area contributed by atoms with Gasteiger partial charge in [0.1, 0.15) is 17.5 Å². The zero-order valence-electron chi connectivity index (χ0n) is 17.9. The Morgan fingerprint density at radius 3 is 2.81 bits per heavy atom. The van der Waals surface area contributed by atoms with E-state index in [-0.39, 0.29) is 12.5 Å². The van der Waals surface area contributed by atoms with Crippen LogP contribution in [-0.2, 0) is 19.9 Å². The zero-order chi connectivity index (χ0) is 22.4. The molecule has 7 heteroatoms. The summed E-state index contributed by atoms with van der Waals surface area (Å²) in [4.78, 5) is 13.6. The van der Waals surface area contributed by atoms with E-state index in [2.05, 4.69) is 0 Å². The first-order chi connectivity index (χ1) is 14.9. The Bertz CT molecular complexity index is 909. The Morgan fingerprint density at radius 2 is 2.10 bits per heavy atom. The van der Waals surface area contributed by atoms with Gasteiger partial charge in [-0.2, -0.15) is 0 Å². The number of amides is 1. The van der Waals surface area contributed by atoms with Crippen LogP contribution in [0, 0.1) is 5.82 Å². The normalized spacial score (nSPS) is 18.6. The van der Waals surface area contributed by atoms with Gasteiger partial charge in [-0.3, -0.25) is 4.79 Å². The molecule has 31 heavy (non-hydrogen) atoms. The van der Waals surface area contributed by atoms with Crippen molar-refractivity contribution in [3.63, 3.8) is 0 Å². The van der Waals surface area contributed by atoms with Crippen LogP contribution >= 0.6 is 11.6 Å². The molecule has 2 aromatic rings. The van der Waals surface area contributed by atoms with Crippen LogP contribution in [0.2, 0.25) is 5.02 Å². The molecule has 5 nitrogen and oxygen atoms in total. The van der Waals surface area contributed by atoms with Gasteiger partial charge < -0.3 is 19.5 Å². The van der Waals surface area contributed by atoms with Crippen LogP contribution in [-0.4, -0.2) is 55.4 Å². The van der Waals surface area contributed by atoms with Gasteiger partial charge in [-0.25, -0.2) is 4.39 Å². The predicted molar refractivity (Wildman–Crippen MR) is 118 cm³/mol. The predicted octanol–water partition coefficient (Wildman–Crippen LogP) is 4.40. The third kappa shape index (κ3) is 5.44. The number of halogens is 2. The molecule has 168 valence electrons. The largest absolute Gasteiger partial charge is 0.385 e. The minimum Gasteiger partial charge on any atom is -0.385 e. The van der Waals surface area contributed by atoms with E-state index < -0.39 is 17.5 Å². The first-order valence-electron chi connectivity index (χ1n) is 10.5. The summed E-state index contributed by atoms with van der Waals surface area (Å²) in [5.41, 5.74) is -0.192. The number of methoxy groups -OCH3 is 1. The maximum Gasteiger partial charge on any atom is 0.219 e. The van der Waals surface area contributed by atoms with Crippen LogP contribution in [0.25, 0.3) is 11.1 Å². The second-order valence-electron chi connectivity index (χ2n) is 7.87. The van der Waals surface area contributed by atoms with Crippen LogP contribution in [0.15, 0.2) is 42.5 Å². The quantitative estimate of drug-likeness (QED) is 0.607. The minimum atomic E-state index is -1.50. The van der Waals surface area contributed by atoms with E-state index in [9.17, 15) is 9.90 Å². The molecule has 0 aliphatic carbocycles. The average Bonchev–Trinajstić information content (AvgIpc) is 2.76. The summed E-state index contributed by atoms with van der Waals surface area (Å²) < 4.78 is 26.2. The van der Waals surface area contributed by atoms with Crippen molar-refractivity contribution in [2.75, 3.05) is 33.4 Å². The van der Waals surface area contributed by atoms with E-state index in [0.29, 0.717) is 54.3 Å². The fourth-order valence-corrected chi connectivity index (χ4v) is 4.35. The number of carbonyl (C=O) groups is 1. The molecule has 0 spiro atoms. The van der Waals surface area contributed by atoms with Gasteiger partial charge >= 0.3 is 0 Å². The highest BCUT2D eigenvalue weighted by molar-refractivity contribution is 6.30. The Balaban J connectivity index is 2.07. The van der Waals surface area contributed by atoms with Crippen molar-refractivity contribution in [2.24, 2.45) is 0 Å². The highest BCUT2D eigenvalue weighted by atomic mass is 35.5. The molecular weight excluding hydrogens is 421 g/mol. The van der Waals surface area contributed by atoms with Crippen LogP contribution in [0.4, 0.5) is 4.39 Å². The Hall–Kier alpha value is -1.99. The average molecular weight is 450 g/mol. The van der Waals surface area contributed by atoms with Crippen molar-refractivity contribution in [3.8, 4) is 11.1 Å². The van der Waals surface area contributed by atoms with Crippen LogP contribution in [0.5, 0.6) is 0 Å². The topological polar surface area (TPSA) is 59.0 Å². The van der Waals surface area contributed by atoms with Crippen molar-refractivity contribution < 1.29 is 23.8 Å². The van der Waals surface area contributed by atoms with E-state index in [1.165, 1.54) is 13.0 Å². The lowest BCUT2D eigenvalue weighted by Crippen LogP contribution is -2.54. The van der Waals surface area contributed by atoms with E-state index in [4.69, 9.17) is 21.1 Å². The third-order valence-corrected chi connectivity index (χ3v) is 6.03. The van der Waals surface area contributed by atoms with Crippen molar-refractivity contribution in [1.29, 1.82) is 0 Å². The maximum atomic E-state index is 15.1. The highest BCUT2D eigenvalue weighted by Crippen LogP contribution is 2.41. The summed E-state index contributed by atoms with van der Waals surface area (Å²) in [6, 6.07) is 11.6. The number of morpholine rings is 1. The summed E-state index contributed by atoms with van der Waals surface area (Å²) in [5, 5.41) is 12.5. The number of ether oxygens (including phenoxy) is 2. The highest BCUT2D eigenvalue weighted by Gasteiger charge is 2.44. The van der Waals surface area contributed by atoms with E-state index in [1.807, 2.05) is 0 Å². The molecule has 0 radical (unpaired) electrons. The summed E-state index contributed by atoms with van der Waals surface area (Å²) >= 11 is 6.17. The summed E-state index contributed by atoms with van der Waals surface area (Å²) in [6.45, 7) is 3.08. The fraction of sp³-hybridized carbons (Fsp3) is 0.458. The van der Waals surface area contributed by atoms with Crippen LogP contribution in [0.3, 0.4) is 0 Å². The lowest BCUT2D eigenvalue weighted by atomic mass is 9.78. The molecule has 1 fully saturated rings. The van der Waals surface area contributed by atoms with Crippen molar-refractivity contribution in [3.05, 3.63) is 58.9 Å². The number of hydrogen-bond acceptors (Lipinski definition) is 4.